The quantitative estimate of drug-likeness (QED) is 0.0199. The highest BCUT2D eigenvalue weighted by molar-refractivity contribution is 5.76. The lowest BCUT2D eigenvalue weighted by atomic mass is 9.96. The maximum atomic E-state index is 13.5. The van der Waals surface area contributed by atoms with Gasteiger partial charge in [0.2, 0.25) is 5.91 Å². The molecule has 3 heterocycles. The molecule has 652 valence electrons. The van der Waals surface area contributed by atoms with Gasteiger partial charge in [0, 0.05) is 6.42 Å². The van der Waals surface area contributed by atoms with Crippen LogP contribution in [-0.2, 0) is 33.2 Å². The van der Waals surface area contributed by atoms with E-state index in [9.17, 15) is 61.0 Å². The van der Waals surface area contributed by atoms with E-state index in [0.29, 0.717) is 6.42 Å². The van der Waals surface area contributed by atoms with E-state index in [4.69, 9.17) is 28.4 Å². The summed E-state index contributed by atoms with van der Waals surface area (Å²) < 4.78 is 34.5. The first-order valence-electron chi connectivity index (χ1n) is 45.3. The number of rotatable bonds is 72. The highest BCUT2D eigenvalue weighted by atomic mass is 16.8. The Bertz CT molecular complexity index is 2510. The van der Waals surface area contributed by atoms with Crippen molar-refractivity contribution in [2.45, 2.75) is 439 Å². The smallest absolute Gasteiger partial charge is 0.220 e. The second-order valence-electron chi connectivity index (χ2n) is 31.7. The molecule has 3 rings (SSSR count). The molecule has 3 saturated heterocycles. The predicted octanol–water partition coefficient (Wildman–Crippen LogP) is 17.4. The summed E-state index contributed by atoms with van der Waals surface area (Å²) in [6, 6.07) is -0.987. The minimum Gasteiger partial charge on any atom is -0.394 e. The Hall–Kier alpha value is -3.81. The fourth-order valence-electron chi connectivity index (χ4n) is 14.6. The molecule has 0 saturated carbocycles. The van der Waals surface area contributed by atoms with Crippen LogP contribution < -0.4 is 5.32 Å². The van der Waals surface area contributed by atoms with Gasteiger partial charge >= 0.3 is 0 Å². The molecule has 0 aromatic carbocycles. The average molecular weight is 1600 g/mol. The highest BCUT2D eigenvalue weighted by Gasteiger charge is 2.54. The zero-order valence-electron chi connectivity index (χ0n) is 70.3. The van der Waals surface area contributed by atoms with Gasteiger partial charge in [-0.1, -0.05) is 360 Å². The van der Waals surface area contributed by atoms with E-state index in [-0.39, 0.29) is 18.9 Å². The Kier molecular flexibility index (Phi) is 66.1. The van der Waals surface area contributed by atoms with Crippen molar-refractivity contribution in [1.29, 1.82) is 0 Å². The Balaban J connectivity index is 1.34. The summed E-state index contributed by atoms with van der Waals surface area (Å²) in [4.78, 5) is 13.5. The zero-order valence-corrected chi connectivity index (χ0v) is 70.3. The van der Waals surface area contributed by atoms with Crippen LogP contribution in [0.3, 0.4) is 0 Å². The summed E-state index contributed by atoms with van der Waals surface area (Å²) in [5.41, 5.74) is 0. The van der Waals surface area contributed by atoms with Crippen molar-refractivity contribution in [3.63, 3.8) is 0 Å². The normalized spacial score (nSPS) is 25.4. The molecule has 3 aliphatic rings. The molecule has 12 N–H and O–H groups in total. The summed E-state index contributed by atoms with van der Waals surface area (Å²) in [6.45, 7) is 1.65. The number of amides is 1. The third kappa shape index (κ3) is 50.7. The number of ether oxygens (including phenoxy) is 6. The van der Waals surface area contributed by atoms with Gasteiger partial charge in [0.1, 0.15) is 73.2 Å². The van der Waals surface area contributed by atoms with Gasteiger partial charge in [-0.3, -0.25) is 4.79 Å². The molecule has 0 bridgehead atoms. The van der Waals surface area contributed by atoms with Gasteiger partial charge in [0.05, 0.1) is 38.6 Å². The third-order valence-corrected chi connectivity index (χ3v) is 21.8. The summed E-state index contributed by atoms with van der Waals surface area (Å²) in [6.07, 6.45) is 76.2. The first-order valence-corrected chi connectivity index (χ1v) is 45.3. The summed E-state index contributed by atoms with van der Waals surface area (Å²) >= 11 is 0. The minimum atomic E-state index is -1.99. The molecule has 0 aromatic rings. The Morgan fingerprint density at radius 2 is 0.611 bits per heavy atom. The molecule has 17 atom stereocenters. The lowest BCUT2D eigenvalue weighted by Crippen LogP contribution is -2.66. The van der Waals surface area contributed by atoms with Crippen LogP contribution >= 0.6 is 0 Å². The third-order valence-electron chi connectivity index (χ3n) is 21.8. The first kappa shape index (κ1) is 103. The van der Waals surface area contributed by atoms with Gasteiger partial charge in [-0.05, 0) is 89.9 Å². The SMILES string of the molecule is CC/C=C\C/C=C\C/C=C\C/C=C\C/C=C\C/C=C\C/C=C\C/C=C\C/C=C\CCCCCCCCCCCC(=O)NC(COC1OC(CO)C(OC2OC(CO)C(OC3OC(CO)C(O)C(O)C3O)C(O)C2O)C(O)C1O)C(O)/C=C/CCCCCCCCCCCCCCCCCCCCCCCCCCCCCCC. The van der Waals surface area contributed by atoms with Gasteiger partial charge in [-0.15, -0.1) is 0 Å². The molecule has 1 amide bonds. The topological polar surface area (TPSA) is 307 Å². The van der Waals surface area contributed by atoms with Crippen LogP contribution in [0.2, 0.25) is 0 Å². The van der Waals surface area contributed by atoms with Crippen LogP contribution in [0.15, 0.2) is 122 Å². The number of aliphatic hydroxyl groups excluding tert-OH is 11. The number of hydrogen-bond donors (Lipinski definition) is 12. The standard InChI is InChI=1S/C94H163NO18/c1-3-5-7-9-11-13-15-17-19-21-23-25-27-29-31-33-35-36-37-38-39-40-42-44-46-48-50-52-54-56-58-60-62-64-66-68-70-72-82(100)95-77(78(99)71-69-67-65-63-61-59-57-55-53-51-49-47-45-43-41-34-32-30-28-26-24-22-20-18-16-14-12-10-8-6-4-2)76-108-92-88(106)85(103)90(80(74-97)110-92)113-94-89(107)86(104)91(81(75-98)111-94)112-93-87(105)84(102)83(101)79(73-96)109-93/h5,7,11,13,17,19,23,25,29,31,35-36,38-39,42,44,48,50,69,71,77-81,83-94,96-99,101-107H,3-4,6,8-10,12,14-16,18,20-22,24,26-28,30,32-34,37,40-41,43,45-47,49,51-68,70,72-76H2,1-2H3,(H,95,100)/b7-5-,13-11-,19-17-,25-23-,31-29-,36-35-,39-38-,44-42-,50-48-,71-69+. The van der Waals surface area contributed by atoms with E-state index in [0.717, 1.165) is 116 Å². The van der Waals surface area contributed by atoms with Crippen molar-refractivity contribution in [2.75, 3.05) is 26.4 Å². The number of allylic oxidation sites excluding steroid dienone is 19. The van der Waals surface area contributed by atoms with Crippen LogP contribution in [0.5, 0.6) is 0 Å². The van der Waals surface area contributed by atoms with Gasteiger partial charge in [0.15, 0.2) is 18.9 Å². The zero-order chi connectivity index (χ0) is 81.7. The second kappa shape index (κ2) is 72.2. The maximum absolute atomic E-state index is 13.5. The van der Waals surface area contributed by atoms with Crippen molar-refractivity contribution in [1.82, 2.24) is 5.32 Å². The molecule has 17 unspecified atom stereocenters. The average Bonchev–Trinajstić information content (AvgIpc) is 0.779. The summed E-state index contributed by atoms with van der Waals surface area (Å²) in [5.74, 6) is -0.283. The van der Waals surface area contributed by atoms with Crippen LogP contribution in [-0.4, -0.2) is 193 Å². The molecule has 0 aromatic heterocycles. The molecule has 19 heteroatoms. The van der Waals surface area contributed by atoms with Crippen LogP contribution in [0.1, 0.15) is 335 Å². The molecular formula is C94H163NO18. The fraction of sp³-hybridized carbons (Fsp3) is 0.777. The molecule has 3 aliphatic heterocycles. The van der Waals surface area contributed by atoms with E-state index < -0.39 is 124 Å². The number of aliphatic hydroxyl groups is 11. The van der Waals surface area contributed by atoms with Gasteiger partial charge in [0.25, 0.3) is 0 Å². The Morgan fingerprint density at radius 3 is 0.956 bits per heavy atom. The first-order chi connectivity index (χ1) is 55.3. The number of nitrogens with one attached hydrogen (secondary N) is 1. The molecule has 0 spiro atoms. The van der Waals surface area contributed by atoms with E-state index in [1.165, 1.54) is 193 Å². The van der Waals surface area contributed by atoms with Crippen molar-refractivity contribution < 1.29 is 89.4 Å². The van der Waals surface area contributed by atoms with Crippen molar-refractivity contribution >= 4 is 5.91 Å². The number of hydrogen-bond acceptors (Lipinski definition) is 18. The number of carbonyl (C=O) groups is 1. The van der Waals surface area contributed by atoms with Gasteiger partial charge in [-0.2, -0.15) is 0 Å². The predicted molar refractivity (Wildman–Crippen MR) is 457 cm³/mol. The van der Waals surface area contributed by atoms with Crippen LogP contribution in [0.4, 0.5) is 0 Å². The maximum Gasteiger partial charge on any atom is 0.220 e. The van der Waals surface area contributed by atoms with Crippen molar-refractivity contribution in [2.24, 2.45) is 0 Å². The molecule has 19 nitrogen and oxygen atoms in total. The molecule has 0 radical (unpaired) electrons. The monoisotopic (exact) mass is 1590 g/mol. The Labute approximate surface area is 684 Å². The molecule has 3 fully saturated rings. The lowest BCUT2D eigenvalue weighted by molar-refractivity contribution is -0.379. The number of unbranched alkanes of at least 4 members (excludes halogenated alkanes) is 38. The van der Waals surface area contributed by atoms with Crippen molar-refractivity contribution in [3.8, 4) is 0 Å². The van der Waals surface area contributed by atoms with Crippen molar-refractivity contribution in [3.05, 3.63) is 122 Å². The van der Waals surface area contributed by atoms with Gasteiger partial charge in [-0.25, -0.2) is 0 Å². The Morgan fingerprint density at radius 1 is 0.327 bits per heavy atom. The number of carbonyl (C=O) groups excluding carboxylic acids is 1. The van der Waals surface area contributed by atoms with E-state index >= 15 is 0 Å². The molecular weight excluding hydrogens is 1430 g/mol. The molecule has 0 aliphatic carbocycles. The molecule has 113 heavy (non-hydrogen) atoms. The minimum absolute atomic E-state index is 0.229. The second-order valence-corrected chi connectivity index (χ2v) is 31.7. The van der Waals surface area contributed by atoms with Crippen LogP contribution in [0.25, 0.3) is 0 Å². The summed E-state index contributed by atoms with van der Waals surface area (Å²) in [7, 11) is 0. The van der Waals surface area contributed by atoms with E-state index in [1.54, 1.807) is 6.08 Å². The fourth-order valence-corrected chi connectivity index (χ4v) is 14.6. The van der Waals surface area contributed by atoms with Crippen LogP contribution in [0, 0.1) is 0 Å². The highest BCUT2D eigenvalue weighted by Crippen LogP contribution is 2.33. The lowest BCUT2D eigenvalue weighted by Gasteiger charge is -2.48. The largest absolute Gasteiger partial charge is 0.394 e. The summed E-state index contributed by atoms with van der Waals surface area (Å²) in [5, 5.41) is 121. The van der Waals surface area contributed by atoms with E-state index in [2.05, 4.69) is 129 Å². The van der Waals surface area contributed by atoms with E-state index in [1.807, 2.05) is 6.08 Å². The van der Waals surface area contributed by atoms with Gasteiger partial charge < -0.3 is 89.9 Å².